The third-order valence-corrected chi connectivity index (χ3v) is 7.08. The van der Waals surface area contributed by atoms with Crippen molar-refractivity contribution in [3.05, 3.63) is 48.3 Å². The molecule has 0 bridgehead atoms. The lowest BCUT2D eigenvalue weighted by molar-refractivity contribution is -0.135. The summed E-state index contributed by atoms with van der Waals surface area (Å²) in [6, 6.07) is 9.80. The van der Waals surface area contributed by atoms with Gasteiger partial charge in [0.15, 0.2) is 0 Å². The zero-order chi connectivity index (χ0) is 20.1. The third-order valence-electron chi connectivity index (χ3n) is 5.04. The van der Waals surface area contributed by atoms with E-state index in [1.165, 1.54) is 4.31 Å². The summed E-state index contributed by atoms with van der Waals surface area (Å²) in [6.07, 6.45) is 5.71. The summed E-state index contributed by atoms with van der Waals surface area (Å²) in [5.41, 5.74) is 1.90. The fourth-order valence-corrected chi connectivity index (χ4v) is 5.20. The maximum atomic E-state index is 12.9. The summed E-state index contributed by atoms with van der Waals surface area (Å²) in [5.74, 6) is -0.152. The fraction of sp³-hybridized carbons (Fsp3) is 0.500. The zero-order valence-electron chi connectivity index (χ0n) is 16.5. The number of hydrogen-bond donors (Lipinski definition) is 0. The molecule has 8 heteroatoms. The Balaban J connectivity index is 1.62. The van der Waals surface area contributed by atoms with Crippen LogP contribution >= 0.6 is 0 Å². The molecule has 1 fully saturated rings. The number of para-hydroxylation sites is 1. The number of hydrogen-bond acceptors (Lipinski definition) is 4. The fourth-order valence-electron chi connectivity index (χ4n) is 3.61. The van der Waals surface area contributed by atoms with Crippen molar-refractivity contribution in [2.75, 3.05) is 25.9 Å². The molecule has 28 heavy (non-hydrogen) atoms. The topological polar surface area (TPSA) is 75.5 Å². The average molecular weight is 405 g/mol. The van der Waals surface area contributed by atoms with Gasteiger partial charge in [0.1, 0.15) is 0 Å². The Hall–Kier alpha value is -2.19. The predicted octanol–water partition coefficient (Wildman–Crippen LogP) is 2.28. The van der Waals surface area contributed by atoms with E-state index in [0.29, 0.717) is 19.5 Å². The van der Waals surface area contributed by atoms with Crippen molar-refractivity contribution in [3.8, 4) is 5.69 Å². The summed E-state index contributed by atoms with van der Waals surface area (Å²) < 4.78 is 28.0. The molecule has 152 valence electrons. The first-order valence-electron chi connectivity index (χ1n) is 9.72. The van der Waals surface area contributed by atoms with Crippen LogP contribution in [0.5, 0.6) is 0 Å². The molecule has 0 saturated carbocycles. The van der Waals surface area contributed by atoms with E-state index >= 15 is 0 Å². The van der Waals surface area contributed by atoms with Crippen molar-refractivity contribution in [3.63, 3.8) is 0 Å². The molecule has 1 amide bonds. The van der Waals surface area contributed by atoms with Crippen LogP contribution in [0.4, 0.5) is 0 Å². The predicted molar refractivity (Wildman–Crippen MR) is 108 cm³/mol. The molecule has 0 spiro atoms. The van der Waals surface area contributed by atoms with Crippen molar-refractivity contribution in [1.82, 2.24) is 19.0 Å². The third kappa shape index (κ3) is 4.80. The SMILES string of the molecule is CCCS(=O)(=O)N1CCCC(C(=O)N(C)Cc2cnn(-c3ccccc3)c2)C1. The summed E-state index contributed by atoms with van der Waals surface area (Å²) in [6.45, 7) is 3.10. The van der Waals surface area contributed by atoms with E-state index in [9.17, 15) is 13.2 Å². The van der Waals surface area contributed by atoms with Gasteiger partial charge >= 0.3 is 0 Å². The van der Waals surface area contributed by atoms with Crippen LogP contribution < -0.4 is 0 Å². The van der Waals surface area contributed by atoms with Gasteiger partial charge in [0, 0.05) is 38.4 Å². The van der Waals surface area contributed by atoms with Gasteiger partial charge < -0.3 is 4.90 Å². The normalized spacial score (nSPS) is 18.1. The minimum atomic E-state index is -3.26. The van der Waals surface area contributed by atoms with Crippen molar-refractivity contribution in [2.45, 2.75) is 32.7 Å². The molecule has 1 unspecified atom stereocenters. The van der Waals surface area contributed by atoms with Gasteiger partial charge in [-0.1, -0.05) is 25.1 Å². The number of carbonyl (C=O) groups is 1. The molecule has 2 aromatic rings. The molecular weight excluding hydrogens is 376 g/mol. The molecule has 1 aromatic carbocycles. The molecule has 1 aliphatic heterocycles. The monoisotopic (exact) mass is 404 g/mol. The van der Waals surface area contributed by atoms with E-state index < -0.39 is 10.0 Å². The van der Waals surface area contributed by atoms with Gasteiger partial charge in [-0.25, -0.2) is 17.4 Å². The first kappa shape index (κ1) is 20.5. The van der Waals surface area contributed by atoms with E-state index in [2.05, 4.69) is 5.10 Å². The molecule has 1 aromatic heterocycles. The molecule has 1 aliphatic rings. The van der Waals surface area contributed by atoms with Crippen molar-refractivity contribution >= 4 is 15.9 Å². The number of piperidine rings is 1. The van der Waals surface area contributed by atoms with Crippen LogP contribution in [0.15, 0.2) is 42.7 Å². The van der Waals surface area contributed by atoms with E-state index in [4.69, 9.17) is 0 Å². The van der Waals surface area contributed by atoms with Crippen LogP contribution in [0.25, 0.3) is 5.69 Å². The minimum absolute atomic E-state index is 0.0103. The number of carbonyl (C=O) groups excluding carboxylic acids is 1. The van der Waals surface area contributed by atoms with Gasteiger partial charge in [-0.3, -0.25) is 4.79 Å². The van der Waals surface area contributed by atoms with Crippen LogP contribution in [-0.2, 0) is 21.4 Å². The first-order valence-corrected chi connectivity index (χ1v) is 11.3. The second kappa shape index (κ2) is 8.87. The second-order valence-corrected chi connectivity index (χ2v) is 9.42. The number of rotatable bonds is 7. The van der Waals surface area contributed by atoms with Gasteiger partial charge in [-0.2, -0.15) is 5.10 Å². The molecular formula is C20H28N4O3S. The average Bonchev–Trinajstić information content (AvgIpc) is 3.16. The molecule has 1 atom stereocenters. The van der Waals surface area contributed by atoms with Gasteiger partial charge in [0.05, 0.1) is 23.6 Å². The van der Waals surface area contributed by atoms with Crippen molar-refractivity contribution in [1.29, 1.82) is 0 Å². The summed E-state index contributed by atoms with van der Waals surface area (Å²) in [5, 5.41) is 4.37. The number of sulfonamides is 1. The highest BCUT2D eigenvalue weighted by Crippen LogP contribution is 2.22. The van der Waals surface area contributed by atoms with Crippen molar-refractivity contribution in [2.24, 2.45) is 5.92 Å². The molecule has 3 rings (SSSR count). The second-order valence-electron chi connectivity index (χ2n) is 7.34. The number of benzene rings is 1. The Bertz CT molecular complexity index is 895. The lowest BCUT2D eigenvalue weighted by atomic mass is 9.98. The Labute approximate surface area is 167 Å². The smallest absolute Gasteiger partial charge is 0.227 e. The van der Waals surface area contributed by atoms with E-state index in [0.717, 1.165) is 24.1 Å². The maximum Gasteiger partial charge on any atom is 0.227 e. The van der Waals surface area contributed by atoms with Gasteiger partial charge in [0.25, 0.3) is 0 Å². The van der Waals surface area contributed by atoms with Crippen LogP contribution in [0.3, 0.4) is 0 Å². The Kier molecular flexibility index (Phi) is 6.51. The van der Waals surface area contributed by atoms with Crippen molar-refractivity contribution < 1.29 is 13.2 Å². The number of amides is 1. The maximum absolute atomic E-state index is 12.9. The minimum Gasteiger partial charge on any atom is -0.341 e. The summed E-state index contributed by atoms with van der Waals surface area (Å²) in [4.78, 5) is 14.6. The highest BCUT2D eigenvalue weighted by atomic mass is 32.2. The zero-order valence-corrected chi connectivity index (χ0v) is 17.3. The highest BCUT2D eigenvalue weighted by molar-refractivity contribution is 7.89. The molecule has 2 heterocycles. The van der Waals surface area contributed by atoms with Gasteiger partial charge in [-0.15, -0.1) is 0 Å². The van der Waals surface area contributed by atoms with Crippen LogP contribution in [0.1, 0.15) is 31.7 Å². The largest absolute Gasteiger partial charge is 0.341 e. The molecule has 1 saturated heterocycles. The lowest BCUT2D eigenvalue weighted by Gasteiger charge is -2.33. The van der Waals surface area contributed by atoms with E-state index in [1.807, 2.05) is 43.5 Å². The summed E-state index contributed by atoms with van der Waals surface area (Å²) in [7, 11) is -1.50. The van der Waals surface area contributed by atoms with Gasteiger partial charge in [0.2, 0.25) is 15.9 Å². The Morgan fingerprint density at radius 2 is 2.04 bits per heavy atom. The Morgan fingerprint density at radius 1 is 1.29 bits per heavy atom. The van der Waals surface area contributed by atoms with Crippen LogP contribution in [0.2, 0.25) is 0 Å². The van der Waals surface area contributed by atoms with E-state index in [-0.39, 0.29) is 24.1 Å². The van der Waals surface area contributed by atoms with Crippen LogP contribution in [0, 0.1) is 5.92 Å². The number of nitrogens with zero attached hydrogens (tertiary/aromatic N) is 4. The first-order chi connectivity index (χ1) is 13.4. The Morgan fingerprint density at radius 3 is 2.75 bits per heavy atom. The highest BCUT2D eigenvalue weighted by Gasteiger charge is 2.33. The van der Waals surface area contributed by atoms with E-state index in [1.54, 1.807) is 22.8 Å². The lowest BCUT2D eigenvalue weighted by Crippen LogP contribution is -2.46. The molecule has 0 aliphatic carbocycles. The van der Waals surface area contributed by atoms with Gasteiger partial charge in [-0.05, 0) is 31.4 Å². The number of aromatic nitrogens is 2. The summed E-state index contributed by atoms with van der Waals surface area (Å²) >= 11 is 0. The standard InChI is InChI=1S/C20H28N4O3S/c1-3-12-28(26,27)23-11-7-8-18(16-23)20(25)22(2)14-17-13-21-24(15-17)19-9-5-4-6-10-19/h4-6,9-10,13,15,18H,3,7-8,11-12,14,16H2,1-2H3. The quantitative estimate of drug-likeness (QED) is 0.710. The molecule has 7 nitrogen and oxygen atoms in total. The van der Waals surface area contributed by atoms with Crippen LogP contribution in [-0.4, -0.2) is 59.2 Å². The molecule has 0 N–H and O–H groups in total. The molecule has 0 radical (unpaired) electrons.